The lowest BCUT2D eigenvalue weighted by Gasteiger charge is -2.34. The molecule has 6 heteroatoms. The summed E-state index contributed by atoms with van der Waals surface area (Å²) in [6, 6.07) is 15.8. The van der Waals surface area contributed by atoms with E-state index in [4.69, 9.17) is 4.74 Å². The van der Waals surface area contributed by atoms with Gasteiger partial charge in [0, 0.05) is 32.7 Å². The summed E-state index contributed by atoms with van der Waals surface area (Å²) in [6.45, 7) is 5.86. The molecule has 0 saturated carbocycles. The van der Waals surface area contributed by atoms with Crippen LogP contribution in [0.4, 0.5) is 0 Å². The number of hydrogen-bond donors (Lipinski definition) is 1. The second kappa shape index (κ2) is 7.90. The molecule has 2 heterocycles. The van der Waals surface area contributed by atoms with Gasteiger partial charge >= 0.3 is 5.97 Å². The van der Waals surface area contributed by atoms with Gasteiger partial charge in [0.1, 0.15) is 5.82 Å². The van der Waals surface area contributed by atoms with Crippen LogP contribution in [-0.4, -0.2) is 59.0 Å². The highest BCUT2D eigenvalue weighted by Gasteiger charge is 2.18. The summed E-state index contributed by atoms with van der Waals surface area (Å²) in [5.74, 6) is 0.740. The Morgan fingerprint density at radius 1 is 1.00 bits per heavy atom. The van der Waals surface area contributed by atoms with E-state index in [0.717, 1.165) is 56.1 Å². The number of aromatic amines is 1. The Hall–Kier alpha value is -2.70. The normalized spacial score (nSPS) is 15.9. The average molecular weight is 364 g/mol. The molecule has 6 nitrogen and oxygen atoms in total. The number of nitrogens with zero attached hydrogens (tertiary/aromatic N) is 3. The smallest absolute Gasteiger partial charge is 0.337 e. The first-order chi connectivity index (χ1) is 13.2. The minimum atomic E-state index is -0.291. The topological polar surface area (TPSA) is 61.5 Å². The van der Waals surface area contributed by atoms with Crippen molar-refractivity contribution in [3.63, 3.8) is 0 Å². The van der Waals surface area contributed by atoms with E-state index in [9.17, 15) is 4.79 Å². The standard InChI is InChI=1S/C21H24N4O2/c1-27-21(26)17-8-6-16(7-9-17)14-24-10-12-25(13-11-24)15-20-22-18-4-2-3-5-19(18)23-20/h2-9H,10-15H2,1H3,(H,22,23). The van der Waals surface area contributed by atoms with Gasteiger partial charge in [0.05, 0.1) is 30.3 Å². The molecule has 2 aromatic carbocycles. The molecule has 4 rings (SSSR count). The van der Waals surface area contributed by atoms with Crippen molar-refractivity contribution in [1.82, 2.24) is 19.8 Å². The fraction of sp³-hybridized carbons (Fsp3) is 0.333. The number of carbonyl (C=O) groups excluding carboxylic acids is 1. The highest BCUT2D eigenvalue weighted by atomic mass is 16.5. The highest BCUT2D eigenvalue weighted by Crippen LogP contribution is 2.14. The molecule has 0 unspecified atom stereocenters. The number of hydrogen-bond acceptors (Lipinski definition) is 5. The van der Waals surface area contributed by atoms with Crippen LogP contribution in [0.1, 0.15) is 21.7 Å². The molecular weight excluding hydrogens is 340 g/mol. The number of ether oxygens (including phenoxy) is 1. The number of H-pyrrole nitrogens is 1. The van der Waals surface area contributed by atoms with Crippen molar-refractivity contribution < 1.29 is 9.53 Å². The Balaban J connectivity index is 1.29. The molecule has 1 aromatic heterocycles. The van der Waals surface area contributed by atoms with Crippen molar-refractivity contribution in [1.29, 1.82) is 0 Å². The summed E-state index contributed by atoms with van der Waals surface area (Å²) >= 11 is 0. The fourth-order valence-electron chi connectivity index (χ4n) is 3.52. The predicted molar refractivity (Wildman–Crippen MR) is 104 cm³/mol. The van der Waals surface area contributed by atoms with E-state index < -0.39 is 0 Å². The first kappa shape index (κ1) is 17.7. The lowest BCUT2D eigenvalue weighted by molar-refractivity contribution is 0.0600. The van der Waals surface area contributed by atoms with Crippen LogP contribution in [0, 0.1) is 0 Å². The number of esters is 1. The second-order valence-electron chi connectivity index (χ2n) is 6.94. The zero-order valence-corrected chi connectivity index (χ0v) is 15.5. The second-order valence-corrected chi connectivity index (χ2v) is 6.94. The van der Waals surface area contributed by atoms with Gasteiger partial charge in [-0.3, -0.25) is 9.80 Å². The Morgan fingerprint density at radius 3 is 2.33 bits per heavy atom. The fourth-order valence-corrected chi connectivity index (χ4v) is 3.52. The number of fused-ring (bicyclic) bond motifs is 1. The van der Waals surface area contributed by atoms with Crippen molar-refractivity contribution in [2.24, 2.45) is 0 Å². The zero-order valence-electron chi connectivity index (χ0n) is 15.5. The average Bonchev–Trinajstić information content (AvgIpc) is 3.12. The summed E-state index contributed by atoms with van der Waals surface area (Å²) in [6.07, 6.45) is 0. The summed E-state index contributed by atoms with van der Waals surface area (Å²) in [5.41, 5.74) is 3.94. The maximum atomic E-state index is 11.5. The van der Waals surface area contributed by atoms with Gasteiger partial charge in [-0.05, 0) is 29.8 Å². The third kappa shape index (κ3) is 4.18. The molecule has 3 aromatic rings. The summed E-state index contributed by atoms with van der Waals surface area (Å²) in [7, 11) is 1.40. The number of methoxy groups -OCH3 is 1. The minimum Gasteiger partial charge on any atom is -0.465 e. The highest BCUT2D eigenvalue weighted by molar-refractivity contribution is 5.89. The number of benzene rings is 2. The Kier molecular flexibility index (Phi) is 5.18. The van der Waals surface area contributed by atoms with Gasteiger partial charge in [0.2, 0.25) is 0 Å². The number of aromatic nitrogens is 2. The van der Waals surface area contributed by atoms with E-state index in [1.165, 1.54) is 12.7 Å². The number of carbonyl (C=O) groups is 1. The first-order valence-electron chi connectivity index (χ1n) is 9.27. The van der Waals surface area contributed by atoms with E-state index >= 15 is 0 Å². The number of imidazole rings is 1. The third-order valence-electron chi connectivity index (χ3n) is 5.06. The molecule has 0 spiro atoms. The molecule has 0 amide bonds. The van der Waals surface area contributed by atoms with Crippen LogP contribution in [-0.2, 0) is 17.8 Å². The molecule has 1 aliphatic heterocycles. The quantitative estimate of drug-likeness (QED) is 0.706. The molecule has 1 N–H and O–H groups in total. The number of rotatable bonds is 5. The van der Waals surface area contributed by atoms with E-state index in [2.05, 4.69) is 25.8 Å². The molecule has 140 valence electrons. The van der Waals surface area contributed by atoms with E-state index in [-0.39, 0.29) is 5.97 Å². The summed E-state index contributed by atoms with van der Waals surface area (Å²) in [5, 5.41) is 0. The molecule has 0 radical (unpaired) electrons. The lowest BCUT2D eigenvalue weighted by Crippen LogP contribution is -2.45. The van der Waals surface area contributed by atoms with Crippen LogP contribution in [0.5, 0.6) is 0 Å². The molecule has 0 bridgehead atoms. The van der Waals surface area contributed by atoms with Gasteiger partial charge in [-0.1, -0.05) is 24.3 Å². The van der Waals surface area contributed by atoms with Crippen LogP contribution in [0.2, 0.25) is 0 Å². The third-order valence-corrected chi connectivity index (χ3v) is 5.06. The van der Waals surface area contributed by atoms with Crippen LogP contribution in [0.15, 0.2) is 48.5 Å². The van der Waals surface area contributed by atoms with Crippen LogP contribution >= 0.6 is 0 Å². The number of nitrogens with one attached hydrogen (secondary N) is 1. The Labute approximate surface area is 158 Å². The van der Waals surface area contributed by atoms with Crippen molar-refractivity contribution in [3.05, 3.63) is 65.5 Å². The predicted octanol–water partition coefficient (Wildman–Crippen LogP) is 2.67. The molecule has 0 atom stereocenters. The maximum Gasteiger partial charge on any atom is 0.337 e. The SMILES string of the molecule is COC(=O)c1ccc(CN2CCN(Cc3nc4ccccc4[nH]3)CC2)cc1. The van der Waals surface area contributed by atoms with Crippen LogP contribution in [0.25, 0.3) is 11.0 Å². The van der Waals surface area contributed by atoms with Gasteiger partial charge in [-0.25, -0.2) is 9.78 Å². The van der Waals surface area contributed by atoms with Crippen LogP contribution in [0.3, 0.4) is 0 Å². The molecule has 27 heavy (non-hydrogen) atoms. The molecular formula is C21H24N4O2. The van der Waals surface area contributed by atoms with Crippen molar-refractivity contribution in [3.8, 4) is 0 Å². The van der Waals surface area contributed by atoms with Gasteiger partial charge in [0.25, 0.3) is 0 Å². The summed E-state index contributed by atoms with van der Waals surface area (Å²) < 4.78 is 4.74. The zero-order chi connectivity index (χ0) is 18.6. The first-order valence-corrected chi connectivity index (χ1v) is 9.27. The lowest BCUT2D eigenvalue weighted by atomic mass is 10.1. The Bertz CT molecular complexity index is 878. The number of piperazine rings is 1. The van der Waals surface area contributed by atoms with Crippen molar-refractivity contribution >= 4 is 17.0 Å². The largest absolute Gasteiger partial charge is 0.465 e. The van der Waals surface area contributed by atoms with Gasteiger partial charge in [-0.15, -0.1) is 0 Å². The van der Waals surface area contributed by atoms with Gasteiger partial charge in [-0.2, -0.15) is 0 Å². The maximum absolute atomic E-state index is 11.5. The Morgan fingerprint density at radius 2 is 1.67 bits per heavy atom. The van der Waals surface area contributed by atoms with E-state index in [0.29, 0.717) is 5.56 Å². The van der Waals surface area contributed by atoms with Gasteiger partial charge in [0.15, 0.2) is 0 Å². The van der Waals surface area contributed by atoms with Crippen molar-refractivity contribution in [2.45, 2.75) is 13.1 Å². The van der Waals surface area contributed by atoms with E-state index in [1.54, 1.807) is 0 Å². The molecule has 0 aliphatic carbocycles. The number of para-hydroxylation sites is 2. The summed E-state index contributed by atoms with van der Waals surface area (Å²) in [4.78, 5) is 24.5. The van der Waals surface area contributed by atoms with Crippen molar-refractivity contribution in [2.75, 3.05) is 33.3 Å². The minimum absolute atomic E-state index is 0.291. The molecule has 1 saturated heterocycles. The van der Waals surface area contributed by atoms with Crippen LogP contribution < -0.4 is 0 Å². The molecule has 1 fully saturated rings. The van der Waals surface area contributed by atoms with Gasteiger partial charge < -0.3 is 9.72 Å². The van der Waals surface area contributed by atoms with E-state index in [1.807, 2.05) is 42.5 Å². The molecule has 1 aliphatic rings. The monoisotopic (exact) mass is 364 g/mol.